The molecule has 0 N–H and O–H groups in total. The van der Waals surface area contributed by atoms with Crippen LogP contribution in [0.2, 0.25) is 0 Å². The summed E-state index contributed by atoms with van der Waals surface area (Å²) in [4.78, 5) is 12.8. The number of carbonyl (C=O) groups excluding carboxylic acids is 1. The SMILES string of the molecule is Cc1ccc(C(=O)O[C@H]2CCC3(C)C(=CCC4C3CCC3(C)C(C(C)CCCC(C)C)CCC43)C2)cc1. The van der Waals surface area contributed by atoms with Crippen LogP contribution < -0.4 is 0 Å². The van der Waals surface area contributed by atoms with Crippen molar-refractivity contribution in [2.24, 2.45) is 46.3 Å². The predicted octanol–water partition coefficient (Wildman–Crippen LogP) is 9.56. The molecule has 2 heteroatoms. The Labute approximate surface area is 227 Å². The van der Waals surface area contributed by atoms with Crippen LogP contribution in [-0.2, 0) is 4.74 Å². The molecular weight excluding hydrogens is 452 g/mol. The van der Waals surface area contributed by atoms with Gasteiger partial charge in [-0.3, -0.25) is 0 Å². The number of hydrogen-bond donors (Lipinski definition) is 0. The van der Waals surface area contributed by atoms with Gasteiger partial charge in [-0.1, -0.05) is 83.2 Å². The van der Waals surface area contributed by atoms with Gasteiger partial charge < -0.3 is 4.74 Å². The second kappa shape index (κ2) is 10.5. The van der Waals surface area contributed by atoms with Crippen molar-refractivity contribution in [2.75, 3.05) is 0 Å². The fourth-order valence-electron chi connectivity index (χ4n) is 9.66. The summed E-state index contributed by atoms with van der Waals surface area (Å²) >= 11 is 0. The van der Waals surface area contributed by atoms with Gasteiger partial charge >= 0.3 is 5.97 Å². The first-order valence-electron chi connectivity index (χ1n) is 15.6. The lowest BCUT2D eigenvalue weighted by Crippen LogP contribution is -2.51. The van der Waals surface area contributed by atoms with Gasteiger partial charge in [0.1, 0.15) is 6.10 Å². The largest absolute Gasteiger partial charge is 0.458 e. The number of fused-ring (bicyclic) bond motifs is 5. The number of esters is 1. The third-order valence-corrected chi connectivity index (χ3v) is 11.8. The molecule has 0 spiro atoms. The van der Waals surface area contributed by atoms with Gasteiger partial charge in [0.15, 0.2) is 0 Å². The van der Waals surface area contributed by atoms with E-state index in [4.69, 9.17) is 4.74 Å². The monoisotopic (exact) mass is 504 g/mol. The standard InChI is InChI=1S/C35H52O2/c1-23(2)8-7-9-25(4)30-16-17-31-29-15-14-27-22-28(37-33(36)26-12-10-24(3)11-13-26)18-20-34(27,5)32(29)19-21-35(30,31)6/h10-14,23,25,28-32H,7-9,15-22H2,1-6H3/t25?,28-,29?,30?,31?,32?,34?,35?/m0/s1. The van der Waals surface area contributed by atoms with Crippen LogP contribution in [0.4, 0.5) is 0 Å². The summed E-state index contributed by atoms with van der Waals surface area (Å²) in [5.41, 5.74) is 4.29. The topological polar surface area (TPSA) is 26.3 Å². The van der Waals surface area contributed by atoms with Crippen LogP contribution in [-0.4, -0.2) is 12.1 Å². The molecule has 4 aliphatic carbocycles. The maximum Gasteiger partial charge on any atom is 0.338 e. The average Bonchev–Trinajstić information content (AvgIpc) is 3.21. The third-order valence-electron chi connectivity index (χ3n) is 11.8. The zero-order chi connectivity index (χ0) is 26.4. The van der Waals surface area contributed by atoms with E-state index < -0.39 is 0 Å². The van der Waals surface area contributed by atoms with Gasteiger partial charge in [0.2, 0.25) is 0 Å². The molecule has 7 unspecified atom stereocenters. The first-order valence-corrected chi connectivity index (χ1v) is 15.6. The minimum atomic E-state index is -0.157. The molecule has 0 saturated heterocycles. The number of ether oxygens (including phenoxy) is 1. The van der Waals surface area contributed by atoms with Crippen molar-refractivity contribution in [1.82, 2.24) is 0 Å². The summed E-state index contributed by atoms with van der Waals surface area (Å²) in [6.45, 7) is 14.6. The van der Waals surface area contributed by atoms with Crippen molar-refractivity contribution in [2.45, 2.75) is 118 Å². The van der Waals surface area contributed by atoms with E-state index >= 15 is 0 Å². The zero-order valence-corrected chi connectivity index (χ0v) is 24.5. The van der Waals surface area contributed by atoms with E-state index in [1.165, 1.54) is 63.4 Å². The zero-order valence-electron chi connectivity index (χ0n) is 24.5. The van der Waals surface area contributed by atoms with Crippen LogP contribution in [0.25, 0.3) is 0 Å². The summed E-state index contributed by atoms with van der Waals surface area (Å²) in [6.07, 6.45) is 16.9. The maximum absolute atomic E-state index is 12.8. The van der Waals surface area contributed by atoms with Crippen LogP contribution in [0.3, 0.4) is 0 Å². The second-order valence-electron chi connectivity index (χ2n) is 14.4. The summed E-state index contributed by atoms with van der Waals surface area (Å²) < 4.78 is 6.04. The summed E-state index contributed by atoms with van der Waals surface area (Å²) in [5, 5.41) is 0. The van der Waals surface area contributed by atoms with Crippen LogP contribution in [0.1, 0.15) is 121 Å². The smallest absolute Gasteiger partial charge is 0.338 e. The molecule has 37 heavy (non-hydrogen) atoms. The lowest BCUT2D eigenvalue weighted by Gasteiger charge is -2.58. The number of benzene rings is 1. The Morgan fingerprint density at radius 2 is 1.73 bits per heavy atom. The maximum atomic E-state index is 12.8. The van der Waals surface area contributed by atoms with Crippen molar-refractivity contribution in [1.29, 1.82) is 0 Å². The first kappa shape index (κ1) is 27.0. The quantitative estimate of drug-likeness (QED) is 0.273. The Morgan fingerprint density at radius 1 is 0.973 bits per heavy atom. The highest BCUT2D eigenvalue weighted by Crippen LogP contribution is 2.67. The molecule has 0 aliphatic heterocycles. The molecule has 4 aliphatic rings. The molecule has 0 bridgehead atoms. The number of aryl methyl sites for hydroxylation is 1. The molecule has 0 amide bonds. The first-order chi connectivity index (χ1) is 17.6. The van der Waals surface area contributed by atoms with Crippen molar-refractivity contribution < 1.29 is 9.53 Å². The van der Waals surface area contributed by atoms with E-state index in [-0.39, 0.29) is 12.1 Å². The van der Waals surface area contributed by atoms with Crippen LogP contribution in [0, 0.1) is 53.3 Å². The molecule has 8 atom stereocenters. The molecule has 1 aromatic rings. The summed E-state index contributed by atoms with van der Waals surface area (Å²) in [5.74, 6) is 5.03. The molecule has 0 heterocycles. The van der Waals surface area contributed by atoms with Crippen molar-refractivity contribution in [3.05, 3.63) is 47.0 Å². The van der Waals surface area contributed by atoms with Gasteiger partial charge in [0.05, 0.1) is 5.56 Å². The number of rotatable bonds is 7. The average molecular weight is 505 g/mol. The van der Waals surface area contributed by atoms with Crippen molar-refractivity contribution in [3.8, 4) is 0 Å². The molecule has 2 nitrogen and oxygen atoms in total. The fraction of sp³-hybridized carbons (Fsp3) is 0.743. The van der Waals surface area contributed by atoms with Gasteiger partial charge in [-0.2, -0.15) is 0 Å². The van der Waals surface area contributed by atoms with Crippen molar-refractivity contribution >= 4 is 5.97 Å². The van der Waals surface area contributed by atoms with E-state index in [1.807, 2.05) is 31.2 Å². The lowest BCUT2D eigenvalue weighted by molar-refractivity contribution is -0.0594. The fourth-order valence-corrected chi connectivity index (χ4v) is 9.66. The van der Waals surface area contributed by atoms with E-state index in [1.54, 1.807) is 5.57 Å². The molecule has 204 valence electrons. The Morgan fingerprint density at radius 3 is 2.46 bits per heavy atom. The van der Waals surface area contributed by atoms with Crippen LogP contribution >= 0.6 is 0 Å². The highest BCUT2D eigenvalue weighted by atomic mass is 16.5. The normalized spacial score (nSPS) is 37.8. The van der Waals surface area contributed by atoms with Gasteiger partial charge in [0.25, 0.3) is 0 Å². The molecule has 0 radical (unpaired) electrons. The highest BCUT2D eigenvalue weighted by Gasteiger charge is 2.59. The van der Waals surface area contributed by atoms with Crippen LogP contribution in [0.15, 0.2) is 35.9 Å². The Hall–Kier alpha value is -1.57. The van der Waals surface area contributed by atoms with Crippen molar-refractivity contribution in [3.63, 3.8) is 0 Å². The minimum Gasteiger partial charge on any atom is -0.458 e. The van der Waals surface area contributed by atoms with E-state index in [2.05, 4.69) is 40.7 Å². The van der Waals surface area contributed by atoms with E-state index in [0.717, 1.165) is 48.3 Å². The second-order valence-corrected chi connectivity index (χ2v) is 14.4. The van der Waals surface area contributed by atoms with E-state index in [9.17, 15) is 4.79 Å². The van der Waals surface area contributed by atoms with Gasteiger partial charge in [0, 0.05) is 6.42 Å². The molecular formula is C35H52O2. The molecule has 3 fully saturated rings. The van der Waals surface area contributed by atoms with Gasteiger partial charge in [-0.25, -0.2) is 4.79 Å². The number of allylic oxidation sites excluding steroid dienone is 1. The predicted molar refractivity (Wildman–Crippen MR) is 153 cm³/mol. The Kier molecular flexibility index (Phi) is 7.69. The van der Waals surface area contributed by atoms with Crippen LogP contribution in [0.5, 0.6) is 0 Å². The Bertz CT molecular complexity index is 989. The Balaban J connectivity index is 1.25. The summed E-state index contributed by atoms with van der Waals surface area (Å²) in [6, 6.07) is 7.78. The van der Waals surface area contributed by atoms with Gasteiger partial charge in [-0.15, -0.1) is 0 Å². The third kappa shape index (κ3) is 5.08. The van der Waals surface area contributed by atoms with Gasteiger partial charge in [-0.05, 0) is 110 Å². The highest BCUT2D eigenvalue weighted by molar-refractivity contribution is 5.89. The lowest BCUT2D eigenvalue weighted by atomic mass is 9.47. The molecule has 3 saturated carbocycles. The molecule has 5 rings (SSSR count). The molecule has 0 aromatic heterocycles. The summed E-state index contributed by atoms with van der Waals surface area (Å²) in [7, 11) is 0. The van der Waals surface area contributed by atoms with E-state index in [0.29, 0.717) is 16.4 Å². The minimum absolute atomic E-state index is 0.0288. The number of carbonyl (C=O) groups is 1. The number of hydrogen-bond acceptors (Lipinski definition) is 2. The molecule has 1 aromatic carbocycles.